The van der Waals surface area contributed by atoms with Crippen LogP contribution in [-0.2, 0) is 4.79 Å². The summed E-state index contributed by atoms with van der Waals surface area (Å²) in [6, 6.07) is 5.16. The van der Waals surface area contributed by atoms with Gasteiger partial charge in [0, 0.05) is 8.95 Å². The molecule has 1 amide bonds. The molecule has 0 aromatic heterocycles. The molecular weight excluding hydrogens is 336 g/mol. The van der Waals surface area contributed by atoms with Gasteiger partial charge in [0.25, 0.3) is 0 Å². The molecule has 1 rings (SSSR count). The van der Waals surface area contributed by atoms with E-state index in [1.54, 1.807) is 0 Å². The third kappa shape index (κ3) is 3.57. The van der Waals surface area contributed by atoms with Gasteiger partial charge in [-0.1, -0.05) is 19.4 Å². The van der Waals surface area contributed by atoms with Crippen molar-refractivity contribution >= 4 is 43.5 Å². The number of hydrogen-bond donors (Lipinski definition) is 2. The van der Waals surface area contributed by atoms with E-state index >= 15 is 0 Å². The van der Waals surface area contributed by atoms with Crippen LogP contribution in [0.15, 0.2) is 27.1 Å². The summed E-state index contributed by atoms with van der Waals surface area (Å²) in [5, 5.41) is 2.81. The summed E-state index contributed by atoms with van der Waals surface area (Å²) in [7, 11) is 0. The van der Waals surface area contributed by atoms with Crippen LogP contribution in [0.5, 0.6) is 0 Å². The summed E-state index contributed by atoms with van der Waals surface area (Å²) in [4.78, 5) is 11.7. The van der Waals surface area contributed by atoms with Gasteiger partial charge in [0.2, 0.25) is 5.91 Å². The summed E-state index contributed by atoms with van der Waals surface area (Å²) in [5.74, 6) is -0.158. The van der Waals surface area contributed by atoms with Crippen molar-refractivity contribution in [2.75, 3.05) is 5.32 Å². The Bertz CT molecular complexity index is 362. The molecule has 1 aromatic carbocycles. The Balaban J connectivity index is 2.77. The minimum Gasteiger partial charge on any atom is -0.323 e. The summed E-state index contributed by atoms with van der Waals surface area (Å²) in [5.41, 5.74) is 6.45. The molecule has 16 heavy (non-hydrogen) atoms. The number of anilines is 1. The van der Waals surface area contributed by atoms with E-state index in [1.807, 2.05) is 25.1 Å². The second kappa shape index (κ2) is 6.37. The monoisotopic (exact) mass is 348 g/mol. The van der Waals surface area contributed by atoms with Crippen LogP contribution in [0, 0.1) is 0 Å². The number of carbonyl (C=O) groups excluding carboxylic acids is 1. The molecule has 3 N–H and O–H groups in total. The Kier molecular flexibility index (Phi) is 5.44. The molecule has 0 aliphatic carbocycles. The number of rotatable bonds is 4. The molecule has 0 saturated heterocycles. The Hall–Kier alpha value is -0.390. The third-order valence-electron chi connectivity index (χ3n) is 2.15. The van der Waals surface area contributed by atoms with E-state index in [9.17, 15) is 4.79 Å². The first-order valence-corrected chi connectivity index (χ1v) is 6.65. The zero-order chi connectivity index (χ0) is 12.1. The lowest BCUT2D eigenvalue weighted by molar-refractivity contribution is -0.117. The van der Waals surface area contributed by atoms with Gasteiger partial charge >= 0.3 is 0 Å². The number of hydrogen-bond acceptors (Lipinski definition) is 2. The van der Waals surface area contributed by atoms with Crippen molar-refractivity contribution in [3.8, 4) is 0 Å². The van der Waals surface area contributed by atoms with Crippen molar-refractivity contribution in [2.24, 2.45) is 5.73 Å². The molecule has 0 heterocycles. The summed E-state index contributed by atoms with van der Waals surface area (Å²) in [6.07, 6.45) is 1.58. The molecule has 1 aromatic rings. The first-order valence-electron chi connectivity index (χ1n) is 5.06. The highest BCUT2D eigenvalue weighted by Crippen LogP contribution is 2.30. The maximum atomic E-state index is 11.7. The largest absolute Gasteiger partial charge is 0.323 e. The van der Waals surface area contributed by atoms with Gasteiger partial charge in [-0.15, -0.1) is 0 Å². The fourth-order valence-corrected chi connectivity index (χ4v) is 2.47. The molecule has 0 unspecified atom stereocenters. The molecule has 0 aliphatic rings. The summed E-state index contributed by atoms with van der Waals surface area (Å²) in [6.45, 7) is 2.00. The molecule has 5 heteroatoms. The normalized spacial score (nSPS) is 12.2. The SMILES string of the molecule is CCC[C@H](N)C(=O)Nc1c(Br)cccc1Br. The van der Waals surface area contributed by atoms with Gasteiger partial charge in [-0.25, -0.2) is 0 Å². The topological polar surface area (TPSA) is 55.1 Å². The molecule has 0 saturated carbocycles. The quantitative estimate of drug-likeness (QED) is 0.876. The highest BCUT2D eigenvalue weighted by Gasteiger charge is 2.14. The summed E-state index contributed by atoms with van der Waals surface area (Å²) < 4.78 is 1.66. The predicted octanol–water partition coefficient (Wildman–Crippen LogP) is 3.28. The van der Waals surface area contributed by atoms with Crippen molar-refractivity contribution in [3.05, 3.63) is 27.1 Å². The van der Waals surface area contributed by atoms with Crippen LogP contribution in [0.4, 0.5) is 5.69 Å². The lowest BCUT2D eigenvalue weighted by Crippen LogP contribution is -2.35. The van der Waals surface area contributed by atoms with Gasteiger partial charge in [0.1, 0.15) is 0 Å². The van der Waals surface area contributed by atoms with Crippen LogP contribution in [0.25, 0.3) is 0 Å². The molecule has 3 nitrogen and oxygen atoms in total. The van der Waals surface area contributed by atoms with Crippen molar-refractivity contribution < 1.29 is 4.79 Å². The molecule has 0 fully saturated rings. The maximum absolute atomic E-state index is 11.7. The van der Waals surface area contributed by atoms with E-state index < -0.39 is 6.04 Å². The van der Waals surface area contributed by atoms with E-state index in [2.05, 4.69) is 37.2 Å². The number of amides is 1. The maximum Gasteiger partial charge on any atom is 0.241 e. The van der Waals surface area contributed by atoms with Crippen LogP contribution >= 0.6 is 31.9 Å². The van der Waals surface area contributed by atoms with E-state index in [1.165, 1.54) is 0 Å². The van der Waals surface area contributed by atoms with Gasteiger partial charge in [0.05, 0.1) is 11.7 Å². The Morgan fingerprint density at radius 2 is 2.00 bits per heavy atom. The van der Waals surface area contributed by atoms with E-state index in [0.29, 0.717) is 6.42 Å². The fraction of sp³-hybridized carbons (Fsp3) is 0.364. The lowest BCUT2D eigenvalue weighted by Gasteiger charge is -2.13. The standard InChI is InChI=1S/C11H14Br2N2O/c1-2-4-9(14)11(16)15-10-7(12)5-3-6-8(10)13/h3,5-6,9H,2,4,14H2,1H3,(H,15,16)/t9-/m0/s1. The second-order valence-electron chi connectivity index (χ2n) is 3.48. The van der Waals surface area contributed by atoms with Crippen molar-refractivity contribution in [1.29, 1.82) is 0 Å². The summed E-state index contributed by atoms with van der Waals surface area (Å²) >= 11 is 6.76. The number of para-hydroxylation sites is 1. The number of nitrogens with two attached hydrogens (primary N) is 1. The fourth-order valence-electron chi connectivity index (χ4n) is 1.28. The van der Waals surface area contributed by atoms with Crippen LogP contribution in [0.1, 0.15) is 19.8 Å². The number of nitrogens with one attached hydrogen (secondary N) is 1. The van der Waals surface area contributed by atoms with Gasteiger partial charge < -0.3 is 11.1 Å². The molecule has 0 spiro atoms. The van der Waals surface area contributed by atoms with E-state index in [0.717, 1.165) is 21.1 Å². The number of benzene rings is 1. The van der Waals surface area contributed by atoms with Gasteiger partial charge in [-0.3, -0.25) is 4.79 Å². The van der Waals surface area contributed by atoms with Gasteiger partial charge in [-0.05, 0) is 50.4 Å². The molecular formula is C11H14Br2N2O. The van der Waals surface area contributed by atoms with Crippen LogP contribution in [-0.4, -0.2) is 11.9 Å². The van der Waals surface area contributed by atoms with Crippen molar-refractivity contribution in [2.45, 2.75) is 25.8 Å². The molecule has 88 valence electrons. The van der Waals surface area contributed by atoms with E-state index in [4.69, 9.17) is 5.73 Å². The third-order valence-corrected chi connectivity index (χ3v) is 3.47. The molecule has 1 atom stereocenters. The Labute approximate surface area is 112 Å². The molecule has 0 bridgehead atoms. The Morgan fingerprint density at radius 3 is 2.50 bits per heavy atom. The average Bonchev–Trinajstić information content (AvgIpc) is 2.23. The minimum absolute atomic E-state index is 0.158. The highest BCUT2D eigenvalue weighted by atomic mass is 79.9. The first kappa shape index (κ1) is 13.7. The first-order chi connectivity index (χ1) is 7.56. The average molecular weight is 350 g/mol. The van der Waals surface area contributed by atoms with Crippen molar-refractivity contribution in [3.63, 3.8) is 0 Å². The van der Waals surface area contributed by atoms with Crippen LogP contribution in [0.2, 0.25) is 0 Å². The zero-order valence-corrected chi connectivity index (χ0v) is 12.1. The van der Waals surface area contributed by atoms with E-state index in [-0.39, 0.29) is 5.91 Å². The van der Waals surface area contributed by atoms with Gasteiger partial charge in [0.15, 0.2) is 0 Å². The van der Waals surface area contributed by atoms with Crippen LogP contribution in [0.3, 0.4) is 0 Å². The van der Waals surface area contributed by atoms with Crippen LogP contribution < -0.4 is 11.1 Å². The van der Waals surface area contributed by atoms with Crippen molar-refractivity contribution in [1.82, 2.24) is 0 Å². The molecule has 0 aliphatic heterocycles. The number of halogens is 2. The lowest BCUT2D eigenvalue weighted by atomic mass is 10.1. The minimum atomic E-state index is -0.455. The van der Waals surface area contributed by atoms with Gasteiger partial charge in [-0.2, -0.15) is 0 Å². The number of carbonyl (C=O) groups is 1. The smallest absolute Gasteiger partial charge is 0.241 e. The highest BCUT2D eigenvalue weighted by molar-refractivity contribution is 9.11. The Morgan fingerprint density at radius 1 is 1.44 bits per heavy atom. The predicted molar refractivity (Wildman–Crippen MR) is 73.4 cm³/mol. The molecule has 0 radical (unpaired) electrons. The zero-order valence-electron chi connectivity index (χ0n) is 8.97. The second-order valence-corrected chi connectivity index (χ2v) is 5.19.